The fraction of sp³-hybridized carbons (Fsp3) is 0. The molecule has 56 valence electrons. The molecule has 0 aliphatic rings. The highest BCUT2D eigenvalue weighted by Crippen LogP contribution is 1.95. The molecule has 0 saturated heterocycles. The lowest BCUT2D eigenvalue weighted by atomic mass is 10.4. The molecule has 1 aromatic carbocycles. The van der Waals surface area contributed by atoms with Crippen LogP contribution in [-0.2, 0) is 16.1 Å². The molecule has 0 spiro atoms. The quantitative estimate of drug-likeness (QED) is 0.446. The number of rotatable bonds is 2. The molecule has 0 atom stereocenters. The zero-order valence-corrected chi connectivity index (χ0v) is 6.51. The summed E-state index contributed by atoms with van der Waals surface area (Å²) in [5.41, 5.74) is 0. The smallest absolute Gasteiger partial charge is 0.230 e. The first kappa shape index (κ1) is 7.88. The molecule has 0 bridgehead atoms. The van der Waals surface area contributed by atoms with Gasteiger partial charge in [-0.15, -0.1) is 0 Å². The first-order chi connectivity index (χ1) is 5.29. The van der Waals surface area contributed by atoms with Gasteiger partial charge in [0, 0.05) is 12.1 Å². The molecule has 1 aromatic rings. The summed E-state index contributed by atoms with van der Waals surface area (Å²) in [5, 5.41) is 11.0. The Hall–Kier alpha value is -1.22. The second kappa shape index (κ2) is 3.83. The van der Waals surface area contributed by atoms with Gasteiger partial charge in [0.05, 0.1) is 0 Å². The Labute approximate surface area is 68.4 Å². The molecule has 0 saturated carbocycles. The molecule has 0 aromatic heterocycles. The molecule has 2 nitrogen and oxygen atoms in total. The van der Waals surface area contributed by atoms with Crippen LogP contribution in [0.1, 0.15) is 0 Å². The maximum Gasteiger partial charge on any atom is 0.230 e. The molecule has 3 heteroatoms. The molecule has 0 fully saturated rings. The molecule has 11 heavy (non-hydrogen) atoms. The molecule has 0 aliphatic heterocycles. The summed E-state index contributed by atoms with van der Waals surface area (Å²) in [6.07, 6.45) is 0. The summed E-state index contributed by atoms with van der Waals surface area (Å²) >= 11 is 1.14. The normalized spacial score (nSPS) is 10.2. The van der Waals surface area contributed by atoms with Gasteiger partial charge in [-0.2, -0.15) is 0 Å². The minimum atomic E-state index is -1.15. The summed E-state index contributed by atoms with van der Waals surface area (Å²) in [4.78, 5) is 10.9. The van der Waals surface area contributed by atoms with Crippen molar-refractivity contribution in [3.05, 3.63) is 30.3 Å². The van der Waals surface area contributed by atoms with Gasteiger partial charge in [0.25, 0.3) is 0 Å². The second-order valence-corrected chi connectivity index (χ2v) is 2.81. The van der Waals surface area contributed by atoms with E-state index in [0.717, 1.165) is 21.6 Å². The monoisotopic (exact) mass is 166 g/mol. The lowest BCUT2D eigenvalue weighted by molar-refractivity contribution is -0.293. The maximum absolute atomic E-state index is 9.99. The number of carboxylic acid groups (broad SMARTS) is 1. The van der Waals surface area contributed by atoms with Crippen molar-refractivity contribution in [1.29, 1.82) is 0 Å². The van der Waals surface area contributed by atoms with Crippen LogP contribution in [0.5, 0.6) is 0 Å². The van der Waals surface area contributed by atoms with Crippen LogP contribution in [0.4, 0.5) is 0 Å². The molecular weight excluding hydrogens is 160 g/mol. The van der Waals surface area contributed by atoms with E-state index in [1.165, 1.54) is 0 Å². The van der Waals surface area contributed by atoms with Crippen LogP contribution in [0, 0.1) is 0 Å². The first-order valence-corrected chi connectivity index (χ1v) is 3.93. The number of hydrogen-bond acceptors (Lipinski definition) is 2. The van der Waals surface area contributed by atoms with Crippen LogP contribution in [-0.4, -0.2) is 11.3 Å². The van der Waals surface area contributed by atoms with Gasteiger partial charge in [-0.25, -0.2) is 0 Å². The Morgan fingerprint density at radius 1 is 1.36 bits per heavy atom. The summed E-state index contributed by atoms with van der Waals surface area (Å²) in [7, 11) is 0. The van der Waals surface area contributed by atoms with Crippen molar-refractivity contribution in [3.8, 4) is 0 Å². The van der Waals surface area contributed by atoms with Gasteiger partial charge in [-0.1, -0.05) is 18.2 Å². The predicted molar refractivity (Wildman–Crippen MR) is 43.1 cm³/mol. The van der Waals surface area contributed by atoms with Crippen molar-refractivity contribution in [3.63, 3.8) is 0 Å². The molecule has 0 radical (unpaired) electrons. The highest BCUT2D eigenvalue weighted by molar-refractivity contribution is 7.78. The number of aliphatic carboxylic acids is 1. The minimum absolute atomic E-state index is 0.900. The third-order valence-electron chi connectivity index (χ3n) is 1.03. The average molecular weight is 166 g/mol. The lowest BCUT2D eigenvalue weighted by Crippen LogP contribution is -2.23. The van der Waals surface area contributed by atoms with Gasteiger partial charge in [0.15, 0.2) is 0 Å². The van der Waals surface area contributed by atoms with Crippen molar-refractivity contribution >= 4 is 22.7 Å². The van der Waals surface area contributed by atoms with Crippen molar-refractivity contribution in [1.82, 2.24) is 0 Å². The largest absolute Gasteiger partial charge is 0.541 e. The predicted octanol–water partition coefficient (Wildman–Crippen LogP) is -0.320. The molecule has 0 N–H and O–H groups in total. The van der Waals surface area contributed by atoms with E-state index < -0.39 is 5.97 Å². The van der Waals surface area contributed by atoms with E-state index in [2.05, 4.69) is 0 Å². The van der Waals surface area contributed by atoms with Crippen LogP contribution >= 0.6 is 0 Å². The van der Waals surface area contributed by atoms with Gasteiger partial charge >= 0.3 is 0 Å². The highest BCUT2D eigenvalue weighted by atomic mass is 32.1. The molecule has 0 aliphatic carbocycles. The molecule has 0 heterocycles. The molecule has 1 rings (SSSR count). The van der Waals surface area contributed by atoms with Crippen LogP contribution in [0.15, 0.2) is 35.2 Å². The number of carbonyl (C=O) groups is 1. The van der Waals surface area contributed by atoms with Crippen LogP contribution in [0.3, 0.4) is 0 Å². The van der Waals surface area contributed by atoms with Crippen molar-refractivity contribution in [2.75, 3.05) is 0 Å². The SMILES string of the molecule is O=C([O-])C=[S+]c1ccccc1. The molecule has 0 amide bonds. The second-order valence-electron chi connectivity index (χ2n) is 1.87. The first-order valence-electron chi connectivity index (χ1n) is 3.05. The van der Waals surface area contributed by atoms with Crippen LogP contribution in [0.25, 0.3) is 0 Å². The van der Waals surface area contributed by atoms with Crippen molar-refractivity contribution in [2.45, 2.75) is 4.90 Å². The average Bonchev–Trinajstić information content (AvgIpc) is 2.03. The van der Waals surface area contributed by atoms with E-state index in [0.29, 0.717) is 0 Å². The van der Waals surface area contributed by atoms with Gasteiger partial charge in [-0.05, 0) is 0 Å². The molecule has 0 unspecified atom stereocenters. The Morgan fingerprint density at radius 3 is 2.55 bits per heavy atom. The van der Waals surface area contributed by atoms with Gasteiger partial charge < -0.3 is 9.90 Å². The zero-order valence-electron chi connectivity index (χ0n) is 5.69. The fourth-order valence-corrected chi connectivity index (χ4v) is 1.16. The van der Waals surface area contributed by atoms with E-state index in [1.807, 2.05) is 30.3 Å². The summed E-state index contributed by atoms with van der Waals surface area (Å²) in [5.74, 6) is -1.15. The van der Waals surface area contributed by atoms with Crippen molar-refractivity contribution in [2.24, 2.45) is 0 Å². The topological polar surface area (TPSA) is 40.1 Å². The Balaban J connectivity index is 2.72. The van der Waals surface area contributed by atoms with Crippen molar-refractivity contribution < 1.29 is 9.90 Å². The molecular formula is C8H6O2S. The number of carbonyl (C=O) groups excluding carboxylic acids is 1. The summed E-state index contributed by atoms with van der Waals surface area (Å²) < 4.78 is 0. The van der Waals surface area contributed by atoms with E-state index in [-0.39, 0.29) is 0 Å². The Bertz CT molecular complexity index is 267. The van der Waals surface area contributed by atoms with E-state index in [1.54, 1.807) is 0 Å². The zero-order chi connectivity index (χ0) is 8.10. The number of carboxylic acids is 1. The number of benzene rings is 1. The van der Waals surface area contributed by atoms with Crippen LogP contribution in [0.2, 0.25) is 0 Å². The Morgan fingerprint density at radius 2 is 2.00 bits per heavy atom. The van der Waals surface area contributed by atoms with E-state index >= 15 is 0 Å². The van der Waals surface area contributed by atoms with Gasteiger partial charge in [-0.3, -0.25) is 0 Å². The third kappa shape index (κ3) is 2.91. The number of hydrogen-bond donors (Lipinski definition) is 0. The standard InChI is InChI=1S/C8H6O2S/c9-8(10)6-11-7-4-2-1-3-5-7/h1-6H. The highest BCUT2D eigenvalue weighted by Gasteiger charge is 1.97. The lowest BCUT2D eigenvalue weighted by Gasteiger charge is -1.79. The fourth-order valence-electron chi connectivity index (χ4n) is 0.615. The van der Waals surface area contributed by atoms with Gasteiger partial charge in [0.2, 0.25) is 21.6 Å². The van der Waals surface area contributed by atoms with Crippen LogP contribution < -0.4 is 5.11 Å². The Kier molecular flexibility index (Phi) is 2.74. The summed E-state index contributed by atoms with van der Waals surface area (Å²) in [6.45, 7) is 0. The van der Waals surface area contributed by atoms with Gasteiger partial charge in [0.1, 0.15) is 5.97 Å². The maximum atomic E-state index is 9.99. The summed E-state index contributed by atoms with van der Waals surface area (Å²) in [6, 6.07) is 9.26. The minimum Gasteiger partial charge on any atom is -0.541 e. The third-order valence-corrected chi connectivity index (χ3v) is 1.89. The van der Waals surface area contributed by atoms with E-state index in [9.17, 15) is 9.90 Å². The van der Waals surface area contributed by atoms with E-state index in [4.69, 9.17) is 0 Å².